The van der Waals surface area contributed by atoms with Gasteiger partial charge in [0.05, 0.1) is 19.3 Å². The Hall–Kier alpha value is -2.69. The number of carbonyl (C=O) groups excluding carboxylic acids is 1. The van der Waals surface area contributed by atoms with Gasteiger partial charge in [-0.25, -0.2) is 0 Å². The van der Waals surface area contributed by atoms with Crippen molar-refractivity contribution in [2.45, 2.75) is 19.4 Å². The number of ether oxygens (including phenoxy) is 1. The van der Waals surface area contributed by atoms with Crippen LogP contribution >= 0.6 is 0 Å². The van der Waals surface area contributed by atoms with Gasteiger partial charge < -0.3 is 20.7 Å². The molecule has 0 bridgehead atoms. The van der Waals surface area contributed by atoms with Gasteiger partial charge in [0.1, 0.15) is 5.75 Å². The maximum Gasteiger partial charge on any atom is 0.244 e. The van der Waals surface area contributed by atoms with E-state index in [1.54, 1.807) is 25.3 Å². The number of hydrogen-bond acceptors (Lipinski definition) is 4. The van der Waals surface area contributed by atoms with Crippen LogP contribution in [-0.4, -0.2) is 25.6 Å². The van der Waals surface area contributed by atoms with E-state index in [2.05, 4.69) is 29.3 Å². The fourth-order valence-electron chi connectivity index (χ4n) is 3.04. The molecule has 1 amide bonds. The molecule has 3 rings (SSSR count). The highest BCUT2D eigenvalue weighted by Crippen LogP contribution is 2.32. The molecule has 1 aliphatic rings. The van der Waals surface area contributed by atoms with Crippen molar-refractivity contribution in [1.29, 1.82) is 0 Å². The van der Waals surface area contributed by atoms with Crippen molar-refractivity contribution in [3.8, 4) is 5.75 Å². The van der Waals surface area contributed by atoms with Crippen molar-refractivity contribution in [2.24, 2.45) is 0 Å². The molecule has 0 spiro atoms. The maximum absolute atomic E-state index is 12.5. The molecule has 2 aromatic rings. The molecule has 0 fully saturated rings. The number of fused-ring (bicyclic) bond motifs is 1. The topological polar surface area (TPSA) is 67.6 Å². The lowest BCUT2D eigenvalue weighted by Gasteiger charge is -2.24. The van der Waals surface area contributed by atoms with E-state index in [-0.39, 0.29) is 5.91 Å². The van der Waals surface area contributed by atoms with E-state index in [1.807, 2.05) is 12.1 Å². The molecule has 5 heteroatoms. The van der Waals surface area contributed by atoms with Gasteiger partial charge in [-0.15, -0.1) is 0 Å². The molecule has 0 radical (unpaired) electrons. The number of para-hydroxylation sites is 1. The fourth-order valence-corrected chi connectivity index (χ4v) is 3.04. The molecular formula is C18H21N3O2. The van der Waals surface area contributed by atoms with Crippen molar-refractivity contribution < 1.29 is 9.53 Å². The van der Waals surface area contributed by atoms with Crippen LogP contribution in [0.1, 0.15) is 12.5 Å². The summed E-state index contributed by atoms with van der Waals surface area (Å²) in [6.45, 7) is 2.44. The van der Waals surface area contributed by atoms with Gasteiger partial charge in [-0.05, 0) is 43.2 Å². The second kappa shape index (κ2) is 6.20. The van der Waals surface area contributed by atoms with Crippen LogP contribution in [0, 0.1) is 0 Å². The van der Waals surface area contributed by atoms with E-state index in [0.717, 1.165) is 12.1 Å². The van der Waals surface area contributed by atoms with Crippen molar-refractivity contribution in [3.63, 3.8) is 0 Å². The number of nitrogens with two attached hydrogens (primary N) is 1. The Balaban J connectivity index is 1.74. The van der Waals surface area contributed by atoms with Gasteiger partial charge in [-0.2, -0.15) is 0 Å². The number of nitrogen functional groups attached to an aromatic ring is 1. The SMILES string of the molecule is COc1ccc(N)cc1NC(=O)CN1c2ccccc2CC1C. The summed E-state index contributed by atoms with van der Waals surface area (Å²) in [6.07, 6.45) is 0.963. The standard InChI is InChI=1S/C18H21N3O2/c1-12-9-13-5-3-4-6-16(13)21(12)11-18(22)20-15-10-14(19)7-8-17(15)23-2/h3-8,10,12H,9,11,19H2,1-2H3,(H,20,22). The van der Waals surface area contributed by atoms with Crippen LogP contribution in [0.15, 0.2) is 42.5 Å². The Labute approximate surface area is 136 Å². The third-order valence-corrected chi connectivity index (χ3v) is 4.16. The normalized spacial score (nSPS) is 16.1. The third-order valence-electron chi connectivity index (χ3n) is 4.16. The largest absolute Gasteiger partial charge is 0.495 e. The van der Waals surface area contributed by atoms with E-state index in [4.69, 9.17) is 10.5 Å². The van der Waals surface area contributed by atoms with Crippen LogP contribution in [0.25, 0.3) is 0 Å². The van der Waals surface area contributed by atoms with Crippen LogP contribution in [0.4, 0.5) is 17.1 Å². The second-order valence-corrected chi connectivity index (χ2v) is 5.82. The molecule has 1 atom stereocenters. The van der Waals surface area contributed by atoms with E-state index >= 15 is 0 Å². The third kappa shape index (κ3) is 3.08. The summed E-state index contributed by atoms with van der Waals surface area (Å²) in [6, 6.07) is 13.7. The van der Waals surface area contributed by atoms with Crippen LogP contribution < -0.4 is 20.7 Å². The van der Waals surface area contributed by atoms with E-state index in [9.17, 15) is 4.79 Å². The lowest BCUT2D eigenvalue weighted by molar-refractivity contribution is -0.115. The minimum absolute atomic E-state index is 0.0857. The number of anilines is 3. The number of benzene rings is 2. The first-order chi connectivity index (χ1) is 11.1. The number of nitrogens with one attached hydrogen (secondary N) is 1. The summed E-state index contributed by atoms with van der Waals surface area (Å²) in [5.74, 6) is 0.514. The lowest BCUT2D eigenvalue weighted by atomic mass is 10.1. The lowest BCUT2D eigenvalue weighted by Crippen LogP contribution is -2.37. The molecule has 23 heavy (non-hydrogen) atoms. The highest BCUT2D eigenvalue weighted by Gasteiger charge is 2.27. The number of nitrogens with zero attached hydrogens (tertiary/aromatic N) is 1. The molecule has 0 aliphatic carbocycles. The van der Waals surface area contributed by atoms with Crippen molar-refractivity contribution in [2.75, 3.05) is 29.6 Å². The summed E-state index contributed by atoms with van der Waals surface area (Å²) >= 11 is 0. The average Bonchev–Trinajstić information content (AvgIpc) is 2.83. The predicted octanol–water partition coefficient (Wildman–Crippen LogP) is 2.67. The molecule has 1 unspecified atom stereocenters. The second-order valence-electron chi connectivity index (χ2n) is 5.82. The number of methoxy groups -OCH3 is 1. The quantitative estimate of drug-likeness (QED) is 0.852. The van der Waals surface area contributed by atoms with Gasteiger partial charge >= 0.3 is 0 Å². The fraction of sp³-hybridized carbons (Fsp3) is 0.278. The van der Waals surface area contributed by atoms with Crippen molar-refractivity contribution in [3.05, 3.63) is 48.0 Å². The maximum atomic E-state index is 12.5. The first-order valence-electron chi connectivity index (χ1n) is 7.66. The number of hydrogen-bond donors (Lipinski definition) is 2. The van der Waals surface area contributed by atoms with Gasteiger partial charge in [0, 0.05) is 17.4 Å². The predicted molar refractivity (Wildman–Crippen MR) is 93.0 cm³/mol. The number of carbonyl (C=O) groups is 1. The molecule has 120 valence electrons. The monoisotopic (exact) mass is 311 g/mol. The zero-order chi connectivity index (χ0) is 16.4. The Morgan fingerprint density at radius 2 is 2.13 bits per heavy atom. The zero-order valence-corrected chi connectivity index (χ0v) is 13.4. The van der Waals surface area contributed by atoms with Gasteiger partial charge in [-0.3, -0.25) is 4.79 Å². The average molecular weight is 311 g/mol. The van der Waals surface area contributed by atoms with Crippen LogP contribution in [-0.2, 0) is 11.2 Å². The van der Waals surface area contributed by atoms with Crippen LogP contribution in [0.5, 0.6) is 5.75 Å². The van der Waals surface area contributed by atoms with Crippen LogP contribution in [0.3, 0.4) is 0 Å². The van der Waals surface area contributed by atoms with Gasteiger partial charge in [0.15, 0.2) is 0 Å². The molecule has 3 N–H and O–H groups in total. The molecule has 0 aromatic heterocycles. The Morgan fingerprint density at radius 3 is 2.91 bits per heavy atom. The first kappa shape index (κ1) is 15.2. The Bertz CT molecular complexity index is 730. The summed E-state index contributed by atoms with van der Waals surface area (Å²) in [5, 5.41) is 2.89. The van der Waals surface area contributed by atoms with Gasteiger partial charge in [0.2, 0.25) is 5.91 Å². The summed E-state index contributed by atoms with van der Waals surface area (Å²) in [5.41, 5.74) is 9.39. The molecule has 0 saturated heterocycles. The van der Waals surface area contributed by atoms with Crippen molar-refractivity contribution in [1.82, 2.24) is 0 Å². The minimum Gasteiger partial charge on any atom is -0.495 e. The van der Waals surface area contributed by atoms with Gasteiger partial charge in [-0.1, -0.05) is 18.2 Å². The van der Waals surface area contributed by atoms with E-state index in [1.165, 1.54) is 5.56 Å². The zero-order valence-electron chi connectivity index (χ0n) is 13.4. The number of amides is 1. The first-order valence-corrected chi connectivity index (χ1v) is 7.66. The Morgan fingerprint density at radius 1 is 1.35 bits per heavy atom. The molecule has 5 nitrogen and oxygen atoms in total. The smallest absolute Gasteiger partial charge is 0.244 e. The van der Waals surface area contributed by atoms with Gasteiger partial charge in [0.25, 0.3) is 0 Å². The molecular weight excluding hydrogens is 290 g/mol. The highest BCUT2D eigenvalue weighted by atomic mass is 16.5. The molecule has 2 aromatic carbocycles. The summed E-state index contributed by atoms with van der Waals surface area (Å²) in [7, 11) is 1.57. The summed E-state index contributed by atoms with van der Waals surface area (Å²) in [4.78, 5) is 14.6. The highest BCUT2D eigenvalue weighted by molar-refractivity contribution is 5.96. The summed E-state index contributed by atoms with van der Waals surface area (Å²) < 4.78 is 5.26. The minimum atomic E-state index is -0.0857. The Kier molecular flexibility index (Phi) is 4.10. The molecule has 0 saturated carbocycles. The number of rotatable bonds is 4. The van der Waals surface area contributed by atoms with E-state index < -0.39 is 0 Å². The molecule has 1 heterocycles. The van der Waals surface area contributed by atoms with Crippen molar-refractivity contribution >= 4 is 23.0 Å². The van der Waals surface area contributed by atoms with E-state index in [0.29, 0.717) is 29.7 Å². The molecule has 1 aliphatic heterocycles. The van der Waals surface area contributed by atoms with Crippen LogP contribution in [0.2, 0.25) is 0 Å².